The van der Waals surface area contributed by atoms with Crippen molar-refractivity contribution in [2.24, 2.45) is 5.11 Å². The summed E-state index contributed by atoms with van der Waals surface area (Å²) in [4.78, 5) is 37.3. The molecule has 0 saturated heterocycles. The van der Waals surface area contributed by atoms with Crippen LogP contribution in [-0.2, 0) is 19.1 Å². The van der Waals surface area contributed by atoms with E-state index in [0.717, 1.165) is 0 Å². The molecule has 0 aliphatic heterocycles. The maximum absolute atomic E-state index is 11.8. The maximum atomic E-state index is 11.8. The van der Waals surface area contributed by atoms with Gasteiger partial charge in [0.25, 0.3) is 0 Å². The van der Waals surface area contributed by atoms with Gasteiger partial charge in [-0.2, -0.15) is 0 Å². The Labute approximate surface area is 122 Å². The Morgan fingerprint density at radius 3 is 2.43 bits per heavy atom. The summed E-state index contributed by atoms with van der Waals surface area (Å²) in [6, 6.07) is 0. The summed E-state index contributed by atoms with van der Waals surface area (Å²) in [7, 11) is 0. The molecular formula is C11H19N5O5. The largest absolute Gasteiger partial charge is 0.459 e. The molecule has 0 aromatic carbocycles. The highest BCUT2D eigenvalue weighted by Crippen LogP contribution is 2.06. The predicted octanol–water partition coefficient (Wildman–Crippen LogP) is 1.13. The first kappa shape index (κ1) is 18.5. The Bertz CT molecular complexity index is 439. The average molecular weight is 301 g/mol. The summed E-state index contributed by atoms with van der Waals surface area (Å²) >= 11 is 0. The molecule has 0 aromatic rings. The van der Waals surface area contributed by atoms with Crippen LogP contribution in [0.2, 0.25) is 0 Å². The molecule has 0 aliphatic carbocycles. The molecule has 0 fully saturated rings. The van der Waals surface area contributed by atoms with E-state index in [0.29, 0.717) is 5.01 Å². The summed E-state index contributed by atoms with van der Waals surface area (Å²) in [5.41, 5.74) is 9.54. The van der Waals surface area contributed by atoms with Crippen LogP contribution in [0.4, 0.5) is 4.79 Å². The van der Waals surface area contributed by atoms with Crippen molar-refractivity contribution in [1.82, 2.24) is 10.4 Å². The molecule has 118 valence electrons. The number of hydrogen-bond acceptors (Lipinski definition) is 6. The Hall–Kier alpha value is -2.48. The Kier molecular flexibility index (Phi) is 7.62. The van der Waals surface area contributed by atoms with Gasteiger partial charge in [-0.15, -0.1) is 0 Å². The molecule has 2 amide bonds. The molecule has 10 nitrogen and oxygen atoms in total. The standard InChI is InChI=1S/C11H19N5O5/c1-5-20-9(18)8(17)16(7-6-13-15-12)14-10(19)21-11(2,3)4/h5-7H2,1-4H3,(H,14,19). The van der Waals surface area contributed by atoms with E-state index in [1.54, 1.807) is 20.8 Å². The fraction of sp³-hybridized carbons (Fsp3) is 0.727. The van der Waals surface area contributed by atoms with E-state index in [2.05, 4.69) is 20.2 Å². The fourth-order valence-corrected chi connectivity index (χ4v) is 1.11. The van der Waals surface area contributed by atoms with Gasteiger partial charge in [-0.1, -0.05) is 5.11 Å². The van der Waals surface area contributed by atoms with Gasteiger partial charge in [0, 0.05) is 18.0 Å². The second-order valence-corrected chi connectivity index (χ2v) is 4.75. The van der Waals surface area contributed by atoms with Crippen molar-refractivity contribution in [1.29, 1.82) is 0 Å². The summed E-state index contributed by atoms with van der Waals surface area (Å²) in [5, 5.41) is 3.90. The van der Waals surface area contributed by atoms with E-state index < -0.39 is 23.6 Å². The minimum atomic E-state index is -1.13. The van der Waals surface area contributed by atoms with Gasteiger partial charge in [0.05, 0.1) is 6.61 Å². The third-order valence-corrected chi connectivity index (χ3v) is 1.81. The number of hydrazine groups is 1. The highest BCUT2D eigenvalue weighted by atomic mass is 16.6. The van der Waals surface area contributed by atoms with Crippen molar-refractivity contribution in [2.45, 2.75) is 33.3 Å². The molecule has 0 spiro atoms. The molecule has 1 N–H and O–H groups in total. The van der Waals surface area contributed by atoms with Gasteiger partial charge in [0.2, 0.25) is 0 Å². The summed E-state index contributed by atoms with van der Waals surface area (Å²) < 4.78 is 9.51. The lowest BCUT2D eigenvalue weighted by molar-refractivity contribution is -0.161. The van der Waals surface area contributed by atoms with E-state index in [1.807, 2.05) is 0 Å². The molecule has 0 aromatic heterocycles. The van der Waals surface area contributed by atoms with Crippen LogP contribution in [0.1, 0.15) is 27.7 Å². The first-order chi connectivity index (χ1) is 9.71. The SMILES string of the molecule is CCOC(=O)C(=O)N(CCN=[N+]=[N-])NC(=O)OC(C)(C)C. The molecule has 0 radical (unpaired) electrons. The summed E-state index contributed by atoms with van der Waals surface area (Å²) in [6.45, 7) is 6.16. The third-order valence-electron chi connectivity index (χ3n) is 1.81. The van der Waals surface area contributed by atoms with Gasteiger partial charge in [-0.25, -0.2) is 20.0 Å². The van der Waals surface area contributed by atoms with Crippen molar-refractivity contribution in [3.05, 3.63) is 10.4 Å². The van der Waals surface area contributed by atoms with E-state index >= 15 is 0 Å². The number of rotatable bonds is 4. The van der Waals surface area contributed by atoms with Gasteiger partial charge in [-0.05, 0) is 33.2 Å². The van der Waals surface area contributed by atoms with Crippen LogP contribution in [0, 0.1) is 0 Å². The minimum Gasteiger partial charge on any atom is -0.459 e. The van der Waals surface area contributed by atoms with Crippen LogP contribution in [0.25, 0.3) is 10.4 Å². The van der Waals surface area contributed by atoms with Gasteiger partial charge < -0.3 is 9.47 Å². The molecule has 0 saturated carbocycles. The van der Waals surface area contributed by atoms with Crippen molar-refractivity contribution < 1.29 is 23.9 Å². The predicted molar refractivity (Wildman–Crippen MR) is 71.7 cm³/mol. The molecule has 0 bridgehead atoms. The number of nitrogens with one attached hydrogen (secondary N) is 1. The molecule has 0 aliphatic rings. The number of nitrogens with zero attached hydrogens (tertiary/aromatic N) is 4. The lowest BCUT2D eigenvalue weighted by Gasteiger charge is -2.25. The highest BCUT2D eigenvalue weighted by molar-refractivity contribution is 6.32. The average Bonchev–Trinajstić information content (AvgIpc) is 2.35. The number of amides is 2. The zero-order chi connectivity index (χ0) is 16.5. The molecule has 0 atom stereocenters. The molecular weight excluding hydrogens is 282 g/mol. The minimum absolute atomic E-state index is 0.0151. The van der Waals surface area contributed by atoms with Crippen LogP contribution in [0.15, 0.2) is 5.11 Å². The smallest absolute Gasteiger partial charge is 0.426 e. The quantitative estimate of drug-likeness (QED) is 0.207. The zero-order valence-corrected chi connectivity index (χ0v) is 12.5. The first-order valence-electron chi connectivity index (χ1n) is 6.20. The number of hydrogen-bond donors (Lipinski definition) is 1. The second-order valence-electron chi connectivity index (χ2n) is 4.75. The molecule has 0 heterocycles. The molecule has 10 heteroatoms. The van der Waals surface area contributed by atoms with Crippen molar-refractivity contribution >= 4 is 18.0 Å². The van der Waals surface area contributed by atoms with E-state index in [-0.39, 0.29) is 19.7 Å². The lowest BCUT2D eigenvalue weighted by atomic mass is 10.2. The fourth-order valence-electron chi connectivity index (χ4n) is 1.11. The topological polar surface area (TPSA) is 134 Å². The Morgan fingerprint density at radius 2 is 1.95 bits per heavy atom. The highest BCUT2D eigenvalue weighted by Gasteiger charge is 2.26. The van der Waals surface area contributed by atoms with Crippen molar-refractivity contribution in [3.8, 4) is 0 Å². The van der Waals surface area contributed by atoms with Crippen molar-refractivity contribution in [2.75, 3.05) is 19.7 Å². The Balaban J connectivity index is 4.80. The number of azide groups is 1. The van der Waals surface area contributed by atoms with Gasteiger partial charge >= 0.3 is 18.0 Å². The van der Waals surface area contributed by atoms with Crippen LogP contribution in [-0.4, -0.2) is 48.3 Å². The maximum Gasteiger partial charge on any atom is 0.426 e. The second kappa shape index (κ2) is 8.64. The zero-order valence-electron chi connectivity index (χ0n) is 12.5. The van der Waals surface area contributed by atoms with Gasteiger partial charge in [-0.3, -0.25) is 4.79 Å². The van der Waals surface area contributed by atoms with E-state index in [4.69, 9.17) is 10.3 Å². The molecule has 0 unspecified atom stereocenters. The van der Waals surface area contributed by atoms with Crippen LogP contribution < -0.4 is 5.43 Å². The summed E-state index contributed by atoms with van der Waals surface area (Å²) in [6.07, 6.45) is -0.916. The number of carbonyl (C=O) groups is 3. The number of ether oxygens (including phenoxy) is 2. The Morgan fingerprint density at radius 1 is 1.33 bits per heavy atom. The van der Waals surface area contributed by atoms with Crippen molar-refractivity contribution in [3.63, 3.8) is 0 Å². The van der Waals surface area contributed by atoms with Crippen LogP contribution in [0.3, 0.4) is 0 Å². The normalized spacial score (nSPS) is 10.1. The number of esters is 1. The van der Waals surface area contributed by atoms with E-state index in [9.17, 15) is 14.4 Å². The monoisotopic (exact) mass is 301 g/mol. The first-order valence-corrected chi connectivity index (χ1v) is 6.20. The summed E-state index contributed by atoms with van der Waals surface area (Å²) in [5.74, 6) is -2.22. The molecule has 0 rings (SSSR count). The van der Waals surface area contributed by atoms with Crippen LogP contribution in [0.5, 0.6) is 0 Å². The van der Waals surface area contributed by atoms with Crippen LogP contribution >= 0.6 is 0 Å². The number of carbonyl (C=O) groups excluding carboxylic acids is 3. The van der Waals surface area contributed by atoms with E-state index in [1.165, 1.54) is 6.92 Å². The third kappa shape index (κ3) is 8.32. The van der Waals surface area contributed by atoms with Gasteiger partial charge in [0.15, 0.2) is 0 Å². The molecule has 21 heavy (non-hydrogen) atoms. The lowest BCUT2D eigenvalue weighted by Crippen LogP contribution is -2.51. The van der Waals surface area contributed by atoms with Gasteiger partial charge in [0.1, 0.15) is 5.60 Å².